The highest BCUT2D eigenvalue weighted by Gasteiger charge is 2.16. The fourth-order valence-corrected chi connectivity index (χ4v) is 3.42. The van der Waals surface area contributed by atoms with Gasteiger partial charge < -0.3 is 20.7 Å². The van der Waals surface area contributed by atoms with Gasteiger partial charge in [-0.15, -0.1) is 0 Å². The first-order valence-electron chi connectivity index (χ1n) is 10.2. The zero-order chi connectivity index (χ0) is 20.6. The Hall–Kier alpha value is -2.86. The van der Waals surface area contributed by atoms with Gasteiger partial charge in [0.15, 0.2) is 0 Å². The van der Waals surface area contributed by atoms with Crippen LogP contribution in [0.15, 0.2) is 42.5 Å². The van der Waals surface area contributed by atoms with Gasteiger partial charge in [-0.25, -0.2) is 0 Å². The van der Waals surface area contributed by atoms with E-state index in [0.29, 0.717) is 12.1 Å². The van der Waals surface area contributed by atoms with E-state index < -0.39 is 0 Å². The number of hydrogen-bond donors (Lipinski definition) is 3. The van der Waals surface area contributed by atoms with Crippen LogP contribution in [0.2, 0.25) is 0 Å². The SMILES string of the molecule is CCc1cccc(C)c1NC(=O)CNc1ccc(C(=O)NCC2CCCO2)cc1. The molecule has 1 saturated heterocycles. The Morgan fingerprint density at radius 1 is 1.14 bits per heavy atom. The molecule has 3 N–H and O–H groups in total. The standard InChI is InChI=1S/C23H29N3O3/c1-3-17-7-4-6-16(2)22(17)26-21(27)15-24-19-11-9-18(10-12-19)23(28)25-14-20-8-5-13-29-20/h4,6-7,9-12,20,24H,3,5,8,13-15H2,1-2H3,(H,25,28)(H,26,27). The lowest BCUT2D eigenvalue weighted by atomic mass is 10.1. The molecule has 1 unspecified atom stereocenters. The molecule has 1 aliphatic rings. The van der Waals surface area contributed by atoms with Crippen LogP contribution >= 0.6 is 0 Å². The molecule has 0 spiro atoms. The minimum Gasteiger partial charge on any atom is -0.376 e. The van der Waals surface area contributed by atoms with Crippen molar-refractivity contribution in [3.8, 4) is 0 Å². The van der Waals surface area contributed by atoms with Crippen LogP contribution in [0.3, 0.4) is 0 Å². The van der Waals surface area contributed by atoms with E-state index >= 15 is 0 Å². The van der Waals surface area contributed by atoms with Crippen LogP contribution in [0, 0.1) is 6.92 Å². The van der Waals surface area contributed by atoms with Crippen LogP contribution in [-0.4, -0.2) is 37.6 Å². The number of para-hydroxylation sites is 1. The summed E-state index contributed by atoms with van der Waals surface area (Å²) in [5.41, 5.74) is 4.44. The molecule has 0 aromatic heterocycles. The summed E-state index contributed by atoms with van der Waals surface area (Å²) in [6, 6.07) is 13.1. The second-order valence-electron chi connectivity index (χ2n) is 7.29. The van der Waals surface area contributed by atoms with E-state index in [1.807, 2.05) is 25.1 Å². The molecule has 0 bridgehead atoms. The van der Waals surface area contributed by atoms with E-state index in [0.717, 1.165) is 48.4 Å². The molecule has 6 nitrogen and oxygen atoms in total. The van der Waals surface area contributed by atoms with Gasteiger partial charge >= 0.3 is 0 Å². The van der Waals surface area contributed by atoms with Crippen molar-refractivity contribution in [2.45, 2.75) is 39.2 Å². The Bertz CT molecular complexity index is 843. The molecule has 0 radical (unpaired) electrons. The van der Waals surface area contributed by atoms with Crippen LogP contribution in [0.4, 0.5) is 11.4 Å². The Morgan fingerprint density at radius 2 is 1.93 bits per heavy atom. The van der Waals surface area contributed by atoms with E-state index in [-0.39, 0.29) is 24.5 Å². The molecule has 1 fully saturated rings. The summed E-state index contributed by atoms with van der Waals surface area (Å²) in [6.07, 6.45) is 3.03. The summed E-state index contributed by atoms with van der Waals surface area (Å²) in [7, 11) is 0. The van der Waals surface area contributed by atoms with Crippen LogP contribution in [0.5, 0.6) is 0 Å². The van der Waals surface area contributed by atoms with Crippen LogP contribution in [-0.2, 0) is 16.0 Å². The molecule has 1 heterocycles. The maximum Gasteiger partial charge on any atom is 0.251 e. The van der Waals surface area contributed by atoms with Gasteiger partial charge in [0.25, 0.3) is 5.91 Å². The molecule has 2 amide bonds. The third kappa shape index (κ3) is 5.81. The lowest BCUT2D eigenvalue weighted by Gasteiger charge is -2.14. The first-order valence-corrected chi connectivity index (χ1v) is 10.2. The third-order valence-corrected chi connectivity index (χ3v) is 5.12. The number of amides is 2. The minimum atomic E-state index is -0.114. The molecule has 29 heavy (non-hydrogen) atoms. The fourth-order valence-electron chi connectivity index (χ4n) is 3.42. The largest absolute Gasteiger partial charge is 0.376 e. The highest BCUT2D eigenvalue weighted by molar-refractivity contribution is 5.96. The van der Waals surface area contributed by atoms with E-state index in [1.54, 1.807) is 24.3 Å². The van der Waals surface area contributed by atoms with Crippen LogP contribution in [0.1, 0.15) is 41.3 Å². The predicted molar refractivity (Wildman–Crippen MR) is 115 cm³/mol. The van der Waals surface area contributed by atoms with Gasteiger partial charge in [-0.05, 0) is 61.6 Å². The van der Waals surface area contributed by atoms with Crippen molar-refractivity contribution in [3.63, 3.8) is 0 Å². The zero-order valence-electron chi connectivity index (χ0n) is 17.1. The minimum absolute atomic E-state index is 0.104. The summed E-state index contributed by atoms with van der Waals surface area (Å²) in [4.78, 5) is 24.6. The number of carbonyl (C=O) groups excluding carboxylic acids is 2. The number of rotatable bonds is 8. The maximum absolute atomic E-state index is 12.3. The number of aryl methyl sites for hydroxylation is 2. The van der Waals surface area contributed by atoms with Gasteiger partial charge in [-0.3, -0.25) is 9.59 Å². The van der Waals surface area contributed by atoms with Crippen molar-refractivity contribution in [2.75, 3.05) is 30.3 Å². The van der Waals surface area contributed by atoms with E-state index in [9.17, 15) is 9.59 Å². The highest BCUT2D eigenvalue weighted by atomic mass is 16.5. The quantitative estimate of drug-likeness (QED) is 0.639. The average Bonchev–Trinajstić information content (AvgIpc) is 3.26. The number of benzene rings is 2. The summed E-state index contributed by atoms with van der Waals surface area (Å²) < 4.78 is 5.51. The normalized spacial score (nSPS) is 15.7. The monoisotopic (exact) mass is 395 g/mol. The smallest absolute Gasteiger partial charge is 0.251 e. The maximum atomic E-state index is 12.3. The first-order chi connectivity index (χ1) is 14.1. The summed E-state index contributed by atoms with van der Waals surface area (Å²) in [6.45, 7) is 5.53. The number of nitrogens with one attached hydrogen (secondary N) is 3. The second kappa shape index (κ2) is 10.1. The van der Waals surface area contributed by atoms with Gasteiger partial charge in [0.1, 0.15) is 0 Å². The van der Waals surface area contributed by atoms with Crippen LogP contribution < -0.4 is 16.0 Å². The molecule has 1 aliphatic heterocycles. The lowest BCUT2D eigenvalue weighted by molar-refractivity contribution is -0.114. The van der Waals surface area contributed by atoms with Crippen molar-refractivity contribution in [2.24, 2.45) is 0 Å². The molecular formula is C23H29N3O3. The van der Waals surface area contributed by atoms with Gasteiger partial charge in [0, 0.05) is 30.1 Å². The molecule has 154 valence electrons. The number of ether oxygens (including phenoxy) is 1. The average molecular weight is 396 g/mol. The van der Waals surface area contributed by atoms with Crippen molar-refractivity contribution in [1.29, 1.82) is 0 Å². The topological polar surface area (TPSA) is 79.5 Å². The molecule has 0 saturated carbocycles. The summed E-state index contributed by atoms with van der Waals surface area (Å²) >= 11 is 0. The predicted octanol–water partition coefficient (Wildman–Crippen LogP) is 3.52. The second-order valence-corrected chi connectivity index (χ2v) is 7.29. The van der Waals surface area contributed by atoms with Crippen molar-refractivity contribution in [3.05, 3.63) is 59.2 Å². The lowest BCUT2D eigenvalue weighted by Crippen LogP contribution is -2.31. The highest BCUT2D eigenvalue weighted by Crippen LogP contribution is 2.21. The molecule has 3 rings (SSSR count). The number of hydrogen-bond acceptors (Lipinski definition) is 4. The third-order valence-electron chi connectivity index (χ3n) is 5.12. The van der Waals surface area contributed by atoms with Gasteiger partial charge in [0.05, 0.1) is 12.6 Å². The van der Waals surface area contributed by atoms with Gasteiger partial charge in [-0.1, -0.05) is 25.1 Å². The fraction of sp³-hybridized carbons (Fsp3) is 0.391. The van der Waals surface area contributed by atoms with Gasteiger partial charge in [0.2, 0.25) is 5.91 Å². The van der Waals surface area contributed by atoms with Crippen LogP contribution in [0.25, 0.3) is 0 Å². The van der Waals surface area contributed by atoms with E-state index in [4.69, 9.17) is 4.74 Å². The zero-order valence-corrected chi connectivity index (χ0v) is 17.1. The molecule has 6 heteroatoms. The summed E-state index contributed by atoms with van der Waals surface area (Å²) in [5, 5.41) is 9.00. The molecule has 1 atom stereocenters. The molecular weight excluding hydrogens is 366 g/mol. The summed E-state index contributed by atoms with van der Waals surface area (Å²) in [5.74, 6) is -0.219. The first kappa shape index (κ1) is 20.9. The molecule has 0 aliphatic carbocycles. The Morgan fingerprint density at radius 3 is 2.62 bits per heavy atom. The van der Waals surface area contributed by atoms with E-state index in [2.05, 4.69) is 22.9 Å². The number of carbonyl (C=O) groups is 2. The Balaban J connectivity index is 1.48. The van der Waals surface area contributed by atoms with E-state index in [1.165, 1.54) is 0 Å². The number of anilines is 2. The molecule has 2 aromatic rings. The Kier molecular flexibility index (Phi) is 7.25. The van der Waals surface area contributed by atoms with Crippen molar-refractivity contribution in [1.82, 2.24) is 5.32 Å². The van der Waals surface area contributed by atoms with Crippen molar-refractivity contribution < 1.29 is 14.3 Å². The van der Waals surface area contributed by atoms with Crippen molar-refractivity contribution >= 4 is 23.2 Å². The van der Waals surface area contributed by atoms with Gasteiger partial charge in [-0.2, -0.15) is 0 Å². The Labute approximate surface area is 172 Å². The molecule has 2 aromatic carbocycles.